The highest BCUT2D eigenvalue weighted by Crippen LogP contribution is 2.43. The summed E-state index contributed by atoms with van der Waals surface area (Å²) in [5.74, 6) is -0.0631. The van der Waals surface area contributed by atoms with Gasteiger partial charge in [-0.2, -0.15) is 0 Å². The van der Waals surface area contributed by atoms with E-state index < -0.39 is 18.2 Å². The van der Waals surface area contributed by atoms with Crippen molar-refractivity contribution in [2.45, 2.75) is 26.6 Å². The largest absolute Gasteiger partial charge is 0.480 e. The van der Waals surface area contributed by atoms with Gasteiger partial charge in [0.15, 0.2) is 11.6 Å². The topological polar surface area (TPSA) is 99.6 Å². The van der Waals surface area contributed by atoms with Crippen LogP contribution in [0.5, 0.6) is 11.6 Å². The Labute approximate surface area is 220 Å². The van der Waals surface area contributed by atoms with Crippen LogP contribution < -0.4 is 14.4 Å². The molecule has 6 rings (SSSR count). The fraction of sp³-hybridized carbons (Fsp3) is 0.222. The van der Waals surface area contributed by atoms with Crippen LogP contribution in [-0.2, 0) is 11.2 Å². The van der Waals surface area contributed by atoms with Crippen molar-refractivity contribution in [2.75, 3.05) is 19.1 Å². The fourth-order valence-electron chi connectivity index (χ4n) is 4.46. The maximum atomic E-state index is 15.1. The lowest BCUT2D eigenvalue weighted by atomic mass is 10.1. The van der Waals surface area contributed by atoms with Crippen LogP contribution in [0.2, 0.25) is 0 Å². The van der Waals surface area contributed by atoms with Crippen LogP contribution in [0.3, 0.4) is 0 Å². The van der Waals surface area contributed by atoms with Crippen molar-refractivity contribution < 1.29 is 23.4 Å². The van der Waals surface area contributed by atoms with E-state index in [0.29, 0.717) is 38.7 Å². The summed E-state index contributed by atoms with van der Waals surface area (Å²) in [7, 11) is 3.14. The third kappa shape index (κ3) is 4.14. The van der Waals surface area contributed by atoms with E-state index in [9.17, 15) is 4.79 Å². The van der Waals surface area contributed by atoms with Crippen molar-refractivity contribution >= 4 is 44.4 Å². The number of anilines is 1. The third-order valence-electron chi connectivity index (χ3n) is 6.28. The van der Waals surface area contributed by atoms with E-state index in [0.717, 1.165) is 21.5 Å². The highest BCUT2D eigenvalue weighted by atomic mass is 32.1. The summed E-state index contributed by atoms with van der Waals surface area (Å²) in [5.41, 5.74) is 5.64. The SMILES string of the molecule is COc1cnc2c(-c3nc4cc(F)c5c(c4s3)C[C@@H](OC(=O)N(C)c3ccnc(C)c3)O5)cc(C)cc2n1. The number of aryl methyl sites for hydroxylation is 2. The number of aromatic nitrogens is 4. The molecular weight excluding hydrogens is 509 g/mol. The van der Waals surface area contributed by atoms with Crippen molar-refractivity contribution in [3.63, 3.8) is 0 Å². The van der Waals surface area contributed by atoms with Gasteiger partial charge in [0, 0.05) is 36.1 Å². The molecule has 0 aliphatic carbocycles. The minimum absolute atomic E-state index is 0.0755. The van der Waals surface area contributed by atoms with Gasteiger partial charge < -0.3 is 14.2 Å². The number of pyridine rings is 1. The quantitative estimate of drug-likeness (QED) is 0.296. The summed E-state index contributed by atoms with van der Waals surface area (Å²) in [6.45, 7) is 3.80. The minimum Gasteiger partial charge on any atom is -0.480 e. The van der Waals surface area contributed by atoms with Crippen LogP contribution in [0.1, 0.15) is 16.8 Å². The Morgan fingerprint density at radius 1 is 1.16 bits per heavy atom. The first-order valence-electron chi connectivity index (χ1n) is 11.8. The molecule has 2 aromatic carbocycles. The van der Waals surface area contributed by atoms with E-state index in [2.05, 4.69) is 15.0 Å². The van der Waals surface area contributed by atoms with Gasteiger partial charge in [-0.15, -0.1) is 11.3 Å². The second-order valence-corrected chi connectivity index (χ2v) is 9.97. The Bertz CT molecular complexity index is 1740. The van der Waals surface area contributed by atoms with E-state index in [1.165, 1.54) is 22.3 Å². The smallest absolute Gasteiger partial charge is 0.417 e. The molecule has 0 unspecified atom stereocenters. The zero-order chi connectivity index (χ0) is 26.6. The van der Waals surface area contributed by atoms with E-state index in [-0.39, 0.29) is 12.2 Å². The highest BCUT2D eigenvalue weighted by Gasteiger charge is 2.33. The highest BCUT2D eigenvalue weighted by molar-refractivity contribution is 7.22. The summed E-state index contributed by atoms with van der Waals surface area (Å²) in [4.78, 5) is 32.0. The molecule has 0 saturated heterocycles. The number of benzene rings is 2. The average Bonchev–Trinajstić information content (AvgIpc) is 3.52. The summed E-state index contributed by atoms with van der Waals surface area (Å²) in [6.07, 6.45) is 1.79. The number of fused-ring (bicyclic) bond motifs is 4. The summed E-state index contributed by atoms with van der Waals surface area (Å²) in [6, 6.07) is 8.72. The second-order valence-electron chi connectivity index (χ2n) is 8.98. The van der Waals surface area contributed by atoms with Gasteiger partial charge in [-0.1, -0.05) is 0 Å². The maximum Gasteiger partial charge on any atom is 0.417 e. The molecule has 9 nitrogen and oxygen atoms in total. The first-order valence-corrected chi connectivity index (χ1v) is 12.6. The molecular formula is C27H22FN5O4S. The van der Waals surface area contributed by atoms with Crippen LogP contribution in [0.25, 0.3) is 31.8 Å². The van der Waals surface area contributed by atoms with E-state index in [1.807, 2.05) is 26.0 Å². The van der Waals surface area contributed by atoms with Gasteiger partial charge in [-0.25, -0.2) is 24.1 Å². The number of carbonyl (C=O) groups is 1. The van der Waals surface area contributed by atoms with Crippen molar-refractivity contribution in [1.29, 1.82) is 0 Å². The molecule has 0 N–H and O–H groups in total. The first kappa shape index (κ1) is 24.0. The summed E-state index contributed by atoms with van der Waals surface area (Å²) >= 11 is 1.41. The molecule has 4 heterocycles. The Hall–Kier alpha value is -4.38. The van der Waals surface area contributed by atoms with Crippen LogP contribution in [0.15, 0.2) is 42.7 Å². The molecule has 0 spiro atoms. The molecule has 1 aliphatic heterocycles. The zero-order valence-electron chi connectivity index (χ0n) is 21.0. The fourth-order valence-corrected chi connectivity index (χ4v) is 5.57. The van der Waals surface area contributed by atoms with Gasteiger partial charge in [0.1, 0.15) is 5.01 Å². The Kier molecular flexibility index (Phi) is 5.79. The Balaban J connectivity index is 1.32. The maximum absolute atomic E-state index is 15.1. The van der Waals surface area contributed by atoms with Gasteiger partial charge in [0.25, 0.3) is 6.29 Å². The predicted molar refractivity (Wildman–Crippen MR) is 141 cm³/mol. The van der Waals surface area contributed by atoms with Gasteiger partial charge in [0.05, 0.1) is 46.7 Å². The van der Waals surface area contributed by atoms with Gasteiger partial charge >= 0.3 is 6.09 Å². The number of methoxy groups -OCH3 is 1. The Morgan fingerprint density at radius 2 is 2.00 bits per heavy atom. The lowest BCUT2D eigenvalue weighted by Gasteiger charge is -2.20. The lowest BCUT2D eigenvalue weighted by molar-refractivity contribution is -0.0144. The van der Waals surface area contributed by atoms with Crippen LogP contribution >= 0.6 is 11.3 Å². The molecule has 1 aliphatic rings. The number of nitrogens with zero attached hydrogens (tertiary/aromatic N) is 5. The molecule has 11 heteroatoms. The summed E-state index contributed by atoms with van der Waals surface area (Å²) < 4.78 is 32.4. The zero-order valence-corrected chi connectivity index (χ0v) is 21.8. The van der Waals surface area contributed by atoms with Crippen LogP contribution in [0.4, 0.5) is 14.9 Å². The molecule has 0 radical (unpaired) electrons. The van der Waals surface area contributed by atoms with Gasteiger partial charge in [-0.05, 0) is 43.7 Å². The molecule has 1 atom stereocenters. The number of hydrogen-bond acceptors (Lipinski definition) is 9. The third-order valence-corrected chi connectivity index (χ3v) is 7.45. The molecule has 3 aromatic heterocycles. The standard InChI is InChI=1S/C27H22FN5O4S/c1-13-7-16(23-19(8-13)31-21(35-4)12-30-23)26-32-20-11-18(28)24-17(25(20)38-26)10-22(36-24)37-27(34)33(3)15-5-6-29-14(2)9-15/h5-9,11-12,22H,10H2,1-4H3/t22-/m1/s1. The van der Waals surface area contributed by atoms with Gasteiger partial charge in [0.2, 0.25) is 5.88 Å². The molecule has 192 valence electrons. The minimum atomic E-state index is -0.966. The molecule has 0 fully saturated rings. The number of hydrogen-bond donors (Lipinski definition) is 0. The van der Waals surface area contributed by atoms with Gasteiger partial charge in [-0.3, -0.25) is 9.88 Å². The lowest BCUT2D eigenvalue weighted by Crippen LogP contribution is -2.32. The predicted octanol–water partition coefficient (Wildman–Crippen LogP) is 5.60. The summed E-state index contributed by atoms with van der Waals surface area (Å²) in [5, 5.41) is 0.675. The molecule has 38 heavy (non-hydrogen) atoms. The average molecular weight is 532 g/mol. The Morgan fingerprint density at radius 3 is 2.79 bits per heavy atom. The van der Waals surface area contributed by atoms with Crippen molar-refractivity contribution in [1.82, 2.24) is 19.9 Å². The van der Waals surface area contributed by atoms with Crippen LogP contribution in [-0.4, -0.2) is 46.5 Å². The number of ether oxygens (including phenoxy) is 3. The van der Waals surface area contributed by atoms with Crippen molar-refractivity contribution in [3.8, 4) is 22.2 Å². The second kappa shape index (κ2) is 9.18. The number of rotatable bonds is 4. The number of carbonyl (C=O) groups excluding carboxylic acids is 1. The molecule has 0 bridgehead atoms. The first-order chi connectivity index (χ1) is 18.3. The van der Waals surface area contributed by atoms with Crippen molar-refractivity contribution in [2.24, 2.45) is 0 Å². The molecule has 5 aromatic rings. The monoisotopic (exact) mass is 531 g/mol. The normalized spacial score (nSPS) is 14.4. The van der Waals surface area contributed by atoms with Crippen LogP contribution in [0, 0.1) is 19.7 Å². The van der Waals surface area contributed by atoms with Crippen molar-refractivity contribution in [3.05, 3.63) is 65.4 Å². The molecule has 1 amide bonds. The van der Waals surface area contributed by atoms with E-state index in [1.54, 1.807) is 38.7 Å². The number of halogens is 1. The molecule has 0 saturated carbocycles. The van der Waals surface area contributed by atoms with E-state index >= 15 is 4.39 Å². The number of amides is 1. The number of thiazole rings is 1. The van der Waals surface area contributed by atoms with E-state index in [4.69, 9.17) is 19.2 Å².